The molecule has 0 aliphatic heterocycles. The molecule has 102 valence electrons. The van der Waals surface area contributed by atoms with E-state index in [0.717, 1.165) is 0 Å². The third-order valence-corrected chi connectivity index (χ3v) is 3.45. The van der Waals surface area contributed by atoms with Gasteiger partial charge in [0.05, 0.1) is 28.0 Å². The van der Waals surface area contributed by atoms with Gasteiger partial charge in [-0.2, -0.15) is 5.10 Å². The number of halogens is 3. The highest BCUT2D eigenvalue weighted by molar-refractivity contribution is 6.31. The van der Waals surface area contributed by atoms with Crippen LogP contribution >= 0.6 is 23.2 Å². The van der Waals surface area contributed by atoms with Gasteiger partial charge in [0.25, 0.3) is 0 Å². The minimum Gasteiger partial charge on any atom is -0.271 e. The quantitative estimate of drug-likeness (QED) is 0.674. The Balaban J connectivity index is 2.49. The third kappa shape index (κ3) is 2.74. The van der Waals surface area contributed by atoms with Crippen LogP contribution < -0.4 is 11.3 Å². The van der Waals surface area contributed by atoms with Crippen molar-refractivity contribution < 1.29 is 4.39 Å². The summed E-state index contributed by atoms with van der Waals surface area (Å²) in [4.78, 5) is 0. The van der Waals surface area contributed by atoms with Crippen molar-refractivity contribution in [1.82, 2.24) is 15.2 Å². The Bertz CT molecular complexity index is 585. The van der Waals surface area contributed by atoms with E-state index in [1.165, 1.54) is 18.3 Å². The summed E-state index contributed by atoms with van der Waals surface area (Å²) in [5.41, 5.74) is 3.94. The molecule has 0 aliphatic rings. The third-order valence-electron chi connectivity index (χ3n) is 2.85. The number of nitrogens with two attached hydrogens (primary N) is 1. The van der Waals surface area contributed by atoms with Gasteiger partial charge in [-0.1, -0.05) is 29.3 Å². The summed E-state index contributed by atoms with van der Waals surface area (Å²) in [6.07, 6.45) is 1.54. The van der Waals surface area contributed by atoms with Crippen molar-refractivity contribution in [3.63, 3.8) is 0 Å². The molecule has 4 nitrogen and oxygen atoms in total. The molecule has 0 bridgehead atoms. The lowest BCUT2D eigenvalue weighted by atomic mass is 10.0. The lowest BCUT2D eigenvalue weighted by Gasteiger charge is -2.18. The fraction of sp³-hybridized carbons (Fsp3) is 0.250. The van der Waals surface area contributed by atoms with E-state index in [1.807, 2.05) is 6.92 Å². The van der Waals surface area contributed by atoms with Crippen LogP contribution in [0.1, 0.15) is 24.2 Å². The first-order chi connectivity index (χ1) is 9.08. The molecular formula is C12H13Cl2FN4. The SMILES string of the molecule is CCn1ncc(Cl)c1C(NN)c1ccc(Cl)c(F)c1. The average molecular weight is 303 g/mol. The molecule has 0 spiro atoms. The van der Waals surface area contributed by atoms with Crippen molar-refractivity contribution in [2.24, 2.45) is 5.84 Å². The molecule has 7 heteroatoms. The summed E-state index contributed by atoms with van der Waals surface area (Å²) < 4.78 is 15.3. The highest BCUT2D eigenvalue weighted by Gasteiger charge is 2.21. The van der Waals surface area contributed by atoms with E-state index in [9.17, 15) is 4.39 Å². The fourth-order valence-electron chi connectivity index (χ4n) is 1.94. The van der Waals surface area contributed by atoms with Crippen LogP contribution in [0.25, 0.3) is 0 Å². The average Bonchev–Trinajstić information content (AvgIpc) is 2.76. The highest BCUT2D eigenvalue weighted by atomic mass is 35.5. The van der Waals surface area contributed by atoms with Gasteiger partial charge in [0.15, 0.2) is 0 Å². The van der Waals surface area contributed by atoms with E-state index < -0.39 is 11.9 Å². The van der Waals surface area contributed by atoms with Crippen LogP contribution in [0.15, 0.2) is 24.4 Å². The van der Waals surface area contributed by atoms with E-state index in [1.54, 1.807) is 10.7 Å². The number of aromatic nitrogens is 2. The predicted octanol–water partition coefficient (Wildman–Crippen LogP) is 2.90. The number of aryl methyl sites for hydroxylation is 1. The summed E-state index contributed by atoms with van der Waals surface area (Å²) >= 11 is 11.8. The Morgan fingerprint density at radius 3 is 2.74 bits per heavy atom. The molecule has 1 unspecified atom stereocenters. The minimum absolute atomic E-state index is 0.0645. The van der Waals surface area contributed by atoms with Gasteiger partial charge in [0.2, 0.25) is 0 Å². The van der Waals surface area contributed by atoms with Crippen LogP contribution in [-0.2, 0) is 6.54 Å². The van der Waals surface area contributed by atoms with Gasteiger partial charge in [-0.3, -0.25) is 10.5 Å². The maximum absolute atomic E-state index is 13.5. The topological polar surface area (TPSA) is 55.9 Å². The first kappa shape index (κ1) is 14.3. The molecule has 0 amide bonds. The van der Waals surface area contributed by atoms with Crippen LogP contribution in [0.4, 0.5) is 4.39 Å². The molecular weight excluding hydrogens is 290 g/mol. The molecule has 2 rings (SSSR count). The van der Waals surface area contributed by atoms with Crippen molar-refractivity contribution in [3.05, 3.63) is 51.5 Å². The van der Waals surface area contributed by atoms with Gasteiger partial charge in [-0.05, 0) is 24.6 Å². The number of hydrazine groups is 1. The van der Waals surface area contributed by atoms with Crippen molar-refractivity contribution >= 4 is 23.2 Å². The van der Waals surface area contributed by atoms with Crippen molar-refractivity contribution in [2.75, 3.05) is 0 Å². The Labute approximate surface area is 120 Å². The number of hydrogen-bond donors (Lipinski definition) is 2. The van der Waals surface area contributed by atoms with Gasteiger partial charge in [-0.25, -0.2) is 9.82 Å². The van der Waals surface area contributed by atoms with E-state index >= 15 is 0 Å². The second-order valence-corrected chi connectivity index (χ2v) is 4.78. The molecule has 1 heterocycles. The number of nitrogens with zero attached hydrogens (tertiary/aromatic N) is 2. The molecule has 1 atom stereocenters. The smallest absolute Gasteiger partial charge is 0.142 e. The van der Waals surface area contributed by atoms with E-state index in [0.29, 0.717) is 22.8 Å². The first-order valence-electron chi connectivity index (χ1n) is 5.70. The van der Waals surface area contributed by atoms with Gasteiger partial charge in [0, 0.05) is 6.54 Å². The van der Waals surface area contributed by atoms with Crippen molar-refractivity contribution in [2.45, 2.75) is 19.5 Å². The lowest BCUT2D eigenvalue weighted by molar-refractivity contribution is 0.539. The second kappa shape index (κ2) is 5.88. The van der Waals surface area contributed by atoms with Crippen molar-refractivity contribution in [1.29, 1.82) is 0 Å². The molecule has 1 aromatic carbocycles. The molecule has 2 aromatic rings. The molecule has 0 saturated heterocycles. The Kier molecular flexibility index (Phi) is 4.42. The Hall–Kier alpha value is -1.14. The standard InChI is InChI=1S/C12H13Cl2FN4/c1-2-19-12(9(14)6-17-19)11(18-16)7-3-4-8(13)10(15)5-7/h3-6,11,18H,2,16H2,1H3. The molecule has 0 fully saturated rings. The molecule has 19 heavy (non-hydrogen) atoms. The number of nitrogens with one attached hydrogen (secondary N) is 1. The van der Waals surface area contributed by atoms with Crippen LogP contribution in [0.5, 0.6) is 0 Å². The number of hydrogen-bond acceptors (Lipinski definition) is 3. The Morgan fingerprint density at radius 1 is 1.42 bits per heavy atom. The Morgan fingerprint density at radius 2 is 2.16 bits per heavy atom. The van der Waals surface area contributed by atoms with Crippen LogP contribution in [0.3, 0.4) is 0 Å². The van der Waals surface area contributed by atoms with E-state index in [2.05, 4.69) is 10.5 Å². The summed E-state index contributed by atoms with van der Waals surface area (Å²) in [6, 6.07) is 4.05. The maximum atomic E-state index is 13.5. The predicted molar refractivity (Wildman–Crippen MR) is 73.5 cm³/mol. The van der Waals surface area contributed by atoms with Gasteiger partial charge in [0.1, 0.15) is 5.82 Å². The van der Waals surface area contributed by atoms with Crippen LogP contribution in [0, 0.1) is 5.82 Å². The minimum atomic E-state index is -0.502. The summed E-state index contributed by atoms with van der Waals surface area (Å²) in [6.45, 7) is 2.57. The second-order valence-electron chi connectivity index (χ2n) is 3.97. The van der Waals surface area contributed by atoms with Crippen molar-refractivity contribution in [3.8, 4) is 0 Å². The van der Waals surface area contributed by atoms with Crippen LogP contribution in [-0.4, -0.2) is 9.78 Å². The van der Waals surface area contributed by atoms with Gasteiger partial charge >= 0.3 is 0 Å². The van der Waals surface area contributed by atoms with Crippen LogP contribution in [0.2, 0.25) is 10.0 Å². The molecule has 0 aliphatic carbocycles. The molecule has 0 saturated carbocycles. The van der Waals surface area contributed by atoms with Gasteiger partial charge < -0.3 is 0 Å². The monoisotopic (exact) mass is 302 g/mol. The fourth-order valence-corrected chi connectivity index (χ4v) is 2.30. The summed E-state index contributed by atoms with van der Waals surface area (Å²) in [7, 11) is 0. The summed E-state index contributed by atoms with van der Waals surface area (Å²) in [5.74, 6) is 5.07. The summed E-state index contributed by atoms with van der Waals surface area (Å²) in [5, 5.41) is 4.67. The van der Waals surface area contributed by atoms with E-state index in [4.69, 9.17) is 29.0 Å². The highest BCUT2D eigenvalue weighted by Crippen LogP contribution is 2.29. The zero-order valence-corrected chi connectivity index (χ0v) is 11.7. The van der Waals surface area contributed by atoms with E-state index in [-0.39, 0.29) is 5.02 Å². The number of rotatable bonds is 4. The van der Waals surface area contributed by atoms with Gasteiger partial charge in [-0.15, -0.1) is 0 Å². The zero-order chi connectivity index (χ0) is 14.0. The molecule has 1 aromatic heterocycles. The molecule has 3 N–H and O–H groups in total. The largest absolute Gasteiger partial charge is 0.271 e. The lowest BCUT2D eigenvalue weighted by Crippen LogP contribution is -2.31. The normalized spacial score (nSPS) is 12.7. The zero-order valence-electron chi connectivity index (χ0n) is 10.2. The molecule has 0 radical (unpaired) electrons. The first-order valence-corrected chi connectivity index (χ1v) is 6.46. The number of benzene rings is 1. The maximum Gasteiger partial charge on any atom is 0.142 e.